The molecule has 1 amide bonds. The van der Waals surface area contributed by atoms with E-state index in [-0.39, 0.29) is 18.3 Å². The molecule has 19 heavy (non-hydrogen) atoms. The zero-order valence-corrected chi connectivity index (χ0v) is 10.9. The van der Waals surface area contributed by atoms with Gasteiger partial charge in [0.1, 0.15) is 6.26 Å². The van der Waals surface area contributed by atoms with Crippen LogP contribution in [0.25, 0.3) is 0 Å². The van der Waals surface area contributed by atoms with Crippen molar-refractivity contribution in [3.63, 3.8) is 0 Å². The van der Waals surface area contributed by atoms with Gasteiger partial charge in [-0.15, -0.1) is 0 Å². The fraction of sp³-hybridized carbons (Fsp3) is 0.286. The Morgan fingerprint density at radius 3 is 2.53 bits per heavy atom. The first kappa shape index (κ1) is 14.8. The number of carbonyl (C=O) groups excluding carboxylic acids is 2. The molecule has 0 aliphatic heterocycles. The fourth-order valence-electron chi connectivity index (χ4n) is 1.68. The van der Waals surface area contributed by atoms with Crippen molar-refractivity contribution in [3.05, 3.63) is 47.9 Å². The fourth-order valence-corrected chi connectivity index (χ4v) is 1.68. The van der Waals surface area contributed by atoms with Crippen LogP contribution < -0.4 is 0 Å². The number of amides is 1. The molecule has 1 rings (SSSR count). The first-order valence-electron chi connectivity index (χ1n) is 5.95. The highest BCUT2D eigenvalue weighted by Gasteiger charge is 2.24. The van der Waals surface area contributed by atoms with E-state index in [4.69, 9.17) is 9.84 Å². The van der Waals surface area contributed by atoms with Crippen LogP contribution in [0, 0.1) is 0 Å². The summed E-state index contributed by atoms with van der Waals surface area (Å²) in [4.78, 5) is 24.0. The Kier molecular flexibility index (Phi) is 5.60. The van der Waals surface area contributed by atoms with Crippen LogP contribution in [0.2, 0.25) is 0 Å². The normalized spacial score (nSPS) is 12.6. The van der Waals surface area contributed by atoms with Crippen molar-refractivity contribution in [1.82, 2.24) is 4.90 Å². The number of nitrogens with zero attached hydrogens (tertiary/aromatic N) is 1. The Hall–Kier alpha value is -2.30. The van der Waals surface area contributed by atoms with Crippen LogP contribution in [0.15, 0.2) is 42.3 Å². The molecule has 1 aromatic rings. The molecule has 0 aliphatic carbocycles. The Balaban J connectivity index is 2.99. The second-order valence-electron chi connectivity index (χ2n) is 3.83. The van der Waals surface area contributed by atoms with E-state index in [9.17, 15) is 9.59 Å². The third-order valence-electron chi connectivity index (χ3n) is 2.70. The monoisotopic (exact) mass is 263 g/mol. The smallest absolute Gasteiger partial charge is 0.358 e. The molecule has 0 aliphatic rings. The van der Waals surface area contributed by atoms with Crippen molar-refractivity contribution in [2.24, 2.45) is 0 Å². The van der Waals surface area contributed by atoms with E-state index < -0.39 is 5.97 Å². The molecular weight excluding hydrogens is 246 g/mol. The topological polar surface area (TPSA) is 66.8 Å². The van der Waals surface area contributed by atoms with Gasteiger partial charge in [0.2, 0.25) is 6.41 Å². The maximum absolute atomic E-state index is 11.7. The molecule has 102 valence electrons. The summed E-state index contributed by atoms with van der Waals surface area (Å²) in [5.74, 6) is -0.736. The van der Waals surface area contributed by atoms with Gasteiger partial charge in [-0.05, 0) is 19.4 Å². The van der Waals surface area contributed by atoms with E-state index in [1.165, 1.54) is 0 Å². The molecule has 5 nitrogen and oxygen atoms in total. The first-order valence-corrected chi connectivity index (χ1v) is 5.95. The summed E-state index contributed by atoms with van der Waals surface area (Å²) >= 11 is 0. The minimum Gasteiger partial charge on any atom is -0.513 e. The van der Waals surface area contributed by atoms with Crippen molar-refractivity contribution >= 4 is 12.4 Å². The van der Waals surface area contributed by atoms with E-state index in [2.05, 4.69) is 0 Å². The summed E-state index contributed by atoms with van der Waals surface area (Å²) < 4.78 is 4.80. The molecule has 0 bridgehead atoms. The van der Waals surface area contributed by atoms with Gasteiger partial charge in [0.05, 0.1) is 12.6 Å². The lowest BCUT2D eigenvalue weighted by atomic mass is 10.1. The number of aliphatic hydroxyl groups excluding tert-OH is 1. The molecule has 0 saturated carbocycles. The SMILES string of the molecule is CCOC(=O)/C(=C\O)N(C=O)[C@H](C)c1ccccc1. The van der Waals surface area contributed by atoms with E-state index in [0.717, 1.165) is 10.5 Å². The van der Waals surface area contributed by atoms with Gasteiger partial charge >= 0.3 is 5.97 Å². The van der Waals surface area contributed by atoms with Gasteiger partial charge in [0, 0.05) is 0 Å². The maximum atomic E-state index is 11.7. The summed E-state index contributed by atoms with van der Waals surface area (Å²) in [7, 11) is 0. The predicted octanol–water partition coefficient (Wildman–Crippen LogP) is 2.17. The Labute approximate surface area is 112 Å². The number of hydrogen-bond acceptors (Lipinski definition) is 4. The molecular formula is C14H17NO4. The molecule has 5 heteroatoms. The zero-order chi connectivity index (χ0) is 14.3. The van der Waals surface area contributed by atoms with Crippen molar-refractivity contribution in [2.45, 2.75) is 19.9 Å². The van der Waals surface area contributed by atoms with Gasteiger partial charge < -0.3 is 9.84 Å². The number of rotatable bonds is 6. The lowest BCUT2D eigenvalue weighted by Gasteiger charge is -2.25. The summed E-state index contributed by atoms with van der Waals surface area (Å²) in [5.41, 5.74) is 0.659. The zero-order valence-electron chi connectivity index (χ0n) is 10.9. The van der Waals surface area contributed by atoms with E-state index in [1.807, 2.05) is 30.3 Å². The number of benzene rings is 1. The van der Waals surface area contributed by atoms with Crippen LogP contribution in [0.5, 0.6) is 0 Å². The van der Waals surface area contributed by atoms with Crippen LogP contribution >= 0.6 is 0 Å². The predicted molar refractivity (Wildman–Crippen MR) is 70.1 cm³/mol. The molecule has 0 saturated heterocycles. The number of aliphatic hydroxyl groups is 1. The van der Waals surface area contributed by atoms with Crippen molar-refractivity contribution in [2.75, 3.05) is 6.61 Å². The van der Waals surface area contributed by atoms with Gasteiger partial charge in [-0.2, -0.15) is 0 Å². The van der Waals surface area contributed by atoms with Crippen LogP contribution in [-0.2, 0) is 14.3 Å². The van der Waals surface area contributed by atoms with E-state index in [0.29, 0.717) is 12.7 Å². The standard InChI is InChI=1S/C14H17NO4/c1-3-19-14(18)13(9-16)15(10-17)11(2)12-7-5-4-6-8-12/h4-11,16H,3H2,1-2H3/b13-9+/t11-/m1/s1. The lowest BCUT2D eigenvalue weighted by molar-refractivity contribution is -0.142. The Bertz CT molecular complexity index is 456. The summed E-state index contributed by atoms with van der Waals surface area (Å²) in [5, 5.41) is 9.16. The first-order chi connectivity index (χ1) is 9.15. The van der Waals surface area contributed by atoms with Crippen LogP contribution in [0.3, 0.4) is 0 Å². The van der Waals surface area contributed by atoms with Gasteiger partial charge in [-0.1, -0.05) is 30.3 Å². The molecule has 0 radical (unpaired) electrons. The molecule has 1 atom stereocenters. The highest BCUT2D eigenvalue weighted by molar-refractivity contribution is 5.90. The molecule has 0 heterocycles. The highest BCUT2D eigenvalue weighted by Crippen LogP contribution is 2.22. The average molecular weight is 263 g/mol. The number of hydrogen-bond donors (Lipinski definition) is 1. The number of ether oxygens (including phenoxy) is 1. The minimum atomic E-state index is -0.736. The second-order valence-corrected chi connectivity index (χ2v) is 3.83. The maximum Gasteiger partial charge on any atom is 0.358 e. The van der Waals surface area contributed by atoms with Crippen molar-refractivity contribution in [3.8, 4) is 0 Å². The number of esters is 1. The Morgan fingerprint density at radius 1 is 1.42 bits per heavy atom. The molecule has 0 unspecified atom stereocenters. The molecule has 0 fully saturated rings. The summed E-state index contributed by atoms with van der Waals surface area (Å²) in [6, 6.07) is 8.81. The second kappa shape index (κ2) is 7.20. The van der Waals surface area contributed by atoms with Crippen LogP contribution in [0.1, 0.15) is 25.5 Å². The van der Waals surface area contributed by atoms with Crippen LogP contribution in [-0.4, -0.2) is 29.0 Å². The summed E-state index contributed by atoms with van der Waals surface area (Å²) in [6.45, 7) is 3.58. The summed E-state index contributed by atoms with van der Waals surface area (Å²) in [6.07, 6.45) is 1.09. The van der Waals surface area contributed by atoms with Crippen molar-refractivity contribution in [1.29, 1.82) is 0 Å². The average Bonchev–Trinajstić information content (AvgIpc) is 2.45. The van der Waals surface area contributed by atoms with Gasteiger partial charge in [0.15, 0.2) is 5.70 Å². The van der Waals surface area contributed by atoms with Gasteiger partial charge in [-0.25, -0.2) is 4.79 Å². The van der Waals surface area contributed by atoms with E-state index >= 15 is 0 Å². The Morgan fingerprint density at radius 2 is 2.05 bits per heavy atom. The minimum absolute atomic E-state index is 0.169. The highest BCUT2D eigenvalue weighted by atomic mass is 16.5. The third-order valence-corrected chi connectivity index (χ3v) is 2.70. The quantitative estimate of drug-likeness (QED) is 0.369. The molecule has 1 aromatic carbocycles. The van der Waals surface area contributed by atoms with Crippen molar-refractivity contribution < 1.29 is 19.4 Å². The molecule has 1 N–H and O–H groups in total. The lowest BCUT2D eigenvalue weighted by Crippen LogP contribution is -2.30. The van der Waals surface area contributed by atoms with Crippen LogP contribution in [0.4, 0.5) is 0 Å². The van der Waals surface area contributed by atoms with Gasteiger partial charge in [-0.3, -0.25) is 9.69 Å². The van der Waals surface area contributed by atoms with Gasteiger partial charge in [0.25, 0.3) is 0 Å². The van der Waals surface area contributed by atoms with E-state index in [1.54, 1.807) is 13.8 Å². The molecule has 0 spiro atoms. The molecule has 0 aromatic heterocycles. The number of carbonyl (C=O) groups is 2. The largest absolute Gasteiger partial charge is 0.513 e. The third kappa shape index (κ3) is 3.58.